The van der Waals surface area contributed by atoms with E-state index in [-0.39, 0.29) is 0 Å². The zero-order valence-electron chi connectivity index (χ0n) is 28.1. The molecule has 4 aromatic heterocycles. The monoisotopic (exact) mass is 655 g/mol. The number of rotatable bonds is 6. The Morgan fingerprint density at radius 3 is 1.94 bits per heavy atom. The topological polar surface area (TPSA) is 32.1 Å². The van der Waals surface area contributed by atoms with Crippen molar-refractivity contribution < 1.29 is 0 Å². The number of hydrogen-bond donors (Lipinski definition) is 0. The number of allylic oxidation sites excluding steroid dienone is 1. The molecule has 0 spiro atoms. The molecule has 0 N–H and O–H groups in total. The Labute approximate surface area is 294 Å². The Morgan fingerprint density at radius 2 is 1.18 bits per heavy atom. The molecule has 5 nitrogen and oxygen atoms in total. The lowest BCUT2D eigenvalue weighted by Crippen LogP contribution is -1.98. The Morgan fingerprint density at radius 1 is 0.549 bits per heavy atom. The van der Waals surface area contributed by atoms with Gasteiger partial charge in [-0.05, 0) is 84.8 Å². The largest absolute Gasteiger partial charge is 0.309 e. The molecule has 0 aliphatic carbocycles. The van der Waals surface area contributed by atoms with Crippen LogP contribution in [0.3, 0.4) is 0 Å². The molecule has 0 radical (unpaired) electrons. The zero-order valence-corrected chi connectivity index (χ0v) is 28.1. The van der Waals surface area contributed by atoms with Gasteiger partial charge in [0.2, 0.25) is 5.78 Å². The van der Waals surface area contributed by atoms with Gasteiger partial charge >= 0.3 is 0 Å². The van der Waals surface area contributed by atoms with Crippen LogP contribution in [0.5, 0.6) is 0 Å². The first-order valence-electron chi connectivity index (χ1n) is 17.3. The highest BCUT2D eigenvalue weighted by Crippen LogP contribution is 2.40. The van der Waals surface area contributed by atoms with Crippen LogP contribution in [0.25, 0.3) is 90.1 Å². The molecule has 6 aromatic carbocycles. The molecule has 10 rings (SSSR count). The smallest absolute Gasteiger partial charge is 0.221 e. The van der Waals surface area contributed by atoms with E-state index in [1.807, 2.05) is 6.08 Å². The highest BCUT2D eigenvalue weighted by molar-refractivity contribution is 6.10. The number of hydrogen-bond acceptors (Lipinski definition) is 1. The van der Waals surface area contributed by atoms with Crippen molar-refractivity contribution >= 4 is 61.9 Å². The van der Waals surface area contributed by atoms with E-state index in [0.29, 0.717) is 0 Å². The van der Waals surface area contributed by atoms with Crippen molar-refractivity contribution in [3.05, 3.63) is 176 Å². The zero-order chi connectivity index (χ0) is 34.1. The fraction of sp³-hybridized carbons (Fsp3) is 0.0217. The Balaban J connectivity index is 1.27. The molecule has 0 atom stereocenters. The molecule has 0 amide bonds. The van der Waals surface area contributed by atoms with Crippen LogP contribution in [-0.2, 0) is 0 Å². The molecule has 242 valence electrons. The van der Waals surface area contributed by atoms with Crippen molar-refractivity contribution in [2.75, 3.05) is 0 Å². The highest BCUT2D eigenvalue weighted by atomic mass is 15.3. The fourth-order valence-corrected chi connectivity index (χ4v) is 7.90. The second kappa shape index (κ2) is 11.4. The number of para-hydroxylation sites is 4. The van der Waals surface area contributed by atoms with Gasteiger partial charge in [0.05, 0.1) is 33.4 Å². The van der Waals surface area contributed by atoms with Gasteiger partial charge in [0.25, 0.3) is 0 Å². The van der Waals surface area contributed by atoms with E-state index in [0.717, 1.165) is 72.7 Å². The molecule has 0 saturated heterocycles. The van der Waals surface area contributed by atoms with Crippen LogP contribution in [0.2, 0.25) is 0 Å². The van der Waals surface area contributed by atoms with E-state index in [1.165, 1.54) is 16.5 Å². The summed E-state index contributed by atoms with van der Waals surface area (Å²) in [6, 6.07) is 53.9. The van der Waals surface area contributed by atoms with Crippen LogP contribution in [-0.4, -0.2) is 23.1 Å². The van der Waals surface area contributed by atoms with Gasteiger partial charge < -0.3 is 4.57 Å². The Kier molecular flexibility index (Phi) is 6.48. The summed E-state index contributed by atoms with van der Waals surface area (Å²) in [4.78, 5) is 5.27. The summed E-state index contributed by atoms with van der Waals surface area (Å²) < 4.78 is 9.37. The van der Waals surface area contributed by atoms with E-state index >= 15 is 0 Å². The number of imidazole rings is 2. The van der Waals surface area contributed by atoms with Crippen LogP contribution < -0.4 is 0 Å². The average molecular weight is 656 g/mol. The molecule has 0 bridgehead atoms. The lowest BCUT2D eigenvalue weighted by Gasteiger charge is -2.11. The maximum atomic E-state index is 5.27. The van der Waals surface area contributed by atoms with E-state index in [1.54, 1.807) is 0 Å². The van der Waals surface area contributed by atoms with Crippen molar-refractivity contribution in [3.8, 4) is 28.2 Å². The van der Waals surface area contributed by atoms with Crippen molar-refractivity contribution in [1.82, 2.24) is 23.1 Å². The maximum absolute atomic E-state index is 5.27. The number of fused-ring (bicyclic) bond motifs is 8. The molecule has 0 aliphatic heterocycles. The standard InChI is InChI=1S/C46H33N5/c1-3-15-40-36(4-2)38-30-35(28-29-42(38)48(40)34-26-24-32(25-27-34)31-16-7-5-8-17-31)50-44-37-20-11-13-22-41(37)49(33-18-9-6-10-19-33)45(44)51-43-23-14-12-21-39(43)47-46(50)51/h3-30H,2H2,1H3/b15-3-. The van der Waals surface area contributed by atoms with Crippen LogP contribution in [0.4, 0.5) is 0 Å². The van der Waals surface area contributed by atoms with Gasteiger partial charge in [-0.2, -0.15) is 0 Å². The number of benzene rings is 6. The van der Waals surface area contributed by atoms with E-state index in [9.17, 15) is 0 Å². The summed E-state index contributed by atoms with van der Waals surface area (Å²) in [6.07, 6.45) is 6.27. The second-order valence-corrected chi connectivity index (χ2v) is 12.9. The highest BCUT2D eigenvalue weighted by Gasteiger charge is 2.25. The van der Waals surface area contributed by atoms with Gasteiger partial charge in [0.1, 0.15) is 5.52 Å². The van der Waals surface area contributed by atoms with Crippen molar-refractivity contribution in [3.63, 3.8) is 0 Å². The minimum Gasteiger partial charge on any atom is -0.309 e. The van der Waals surface area contributed by atoms with E-state index in [4.69, 9.17) is 4.98 Å². The third kappa shape index (κ3) is 4.25. The maximum Gasteiger partial charge on any atom is 0.221 e. The number of aromatic nitrogens is 5. The molecule has 0 aliphatic rings. The Hall–Kier alpha value is -6.85. The molecule has 51 heavy (non-hydrogen) atoms. The van der Waals surface area contributed by atoms with Crippen molar-refractivity contribution in [1.29, 1.82) is 0 Å². The molecular weight excluding hydrogens is 623 g/mol. The van der Waals surface area contributed by atoms with Crippen LogP contribution in [0.1, 0.15) is 18.2 Å². The lowest BCUT2D eigenvalue weighted by atomic mass is 10.1. The minimum absolute atomic E-state index is 0.876. The van der Waals surface area contributed by atoms with Crippen LogP contribution in [0, 0.1) is 0 Å². The summed E-state index contributed by atoms with van der Waals surface area (Å²) in [5, 5.41) is 2.30. The first kappa shape index (κ1) is 29.1. The molecule has 5 heteroatoms. The van der Waals surface area contributed by atoms with Crippen LogP contribution >= 0.6 is 0 Å². The van der Waals surface area contributed by atoms with Gasteiger partial charge in [-0.1, -0.05) is 110 Å². The lowest BCUT2D eigenvalue weighted by molar-refractivity contribution is 1.09. The molecule has 0 saturated carbocycles. The predicted molar refractivity (Wildman–Crippen MR) is 213 cm³/mol. The summed E-state index contributed by atoms with van der Waals surface area (Å²) in [5.74, 6) is 0.876. The van der Waals surface area contributed by atoms with Crippen molar-refractivity contribution in [2.45, 2.75) is 6.92 Å². The molecular formula is C46H33N5. The third-order valence-electron chi connectivity index (χ3n) is 10.1. The van der Waals surface area contributed by atoms with Gasteiger partial charge in [0, 0.05) is 27.7 Å². The molecule has 10 aromatic rings. The van der Waals surface area contributed by atoms with Gasteiger partial charge in [-0.25, -0.2) is 4.98 Å². The van der Waals surface area contributed by atoms with Crippen LogP contribution in [0.15, 0.2) is 164 Å². The Bertz CT molecular complexity index is 2970. The first-order valence-corrected chi connectivity index (χ1v) is 17.3. The average Bonchev–Trinajstić information content (AvgIpc) is 3.90. The first-order chi connectivity index (χ1) is 25.2. The molecule has 4 heterocycles. The van der Waals surface area contributed by atoms with Crippen molar-refractivity contribution in [2.24, 2.45) is 0 Å². The van der Waals surface area contributed by atoms with E-state index < -0.39 is 0 Å². The quantitative estimate of drug-likeness (QED) is 0.175. The fourth-order valence-electron chi connectivity index (χ4n) is 7.90. The normalized spacial score (nSPS) is 12.0. The van der Waals surface area contributed by atoms with Gasteiger partial charge in [-0.3, -0.25) is 13.5 Å². The third-order valence-corrected chi connectivity index (χ3v) is 10.1. The van der Waals surface area contributed by atoms with E-state index in [2.05, 4.69) is 195 Å². The van der Waals surface area contributed by atoms with Gasteiger partial charge in [-0.15, -0.1) is 0 Å². The summed E-state index contributed by atoms with van der Waals surface area (Å²) >= 11 is 0. The molecule has 0 unspecified atom stereocenters. The predicted octanol–water partition coefficient (Wildman–Crippen LogP) is 11.7. The van der Waals surface area contributed by atoms with Gasteiger partial charge in [0.15, 0.2) is 5.65 Å². The summed E-state index contributed by atoms with van der Waals surface area (Å²) in [5.41, 5.74) is 14.3. The second-order valence-electron chi connectivity index (χ2n) is 12.9. The number of nitrogens with zero attached hydrogens (tertiary/aromatic N) is 5. The molecule has 0 fully saturated rings. The minimum atomic E-state index is 0.876. The summed E-state index contributed by atoms with van der Waals surface area (Å²) in [7, 11) is 0. The SMILES string of the molecule is C=Cc1c(/C=C\C)n(-c2ccc(-c3ccccc3)cc2)c2ccc(-n3c4c5ccccc5n(-c5ccccc5)c4n4c5ccccc5nc34)cc12. The summed E-state index contributed by atoms with van der Waals surface area (Å²) in [6.45, 7) is 6.38.